The van der Waals surface area contributed by atoms with E-state index < -0.39 is 0 Å². The lowest BCUT2D eigenvalue weighted by molar-refractivity contribution is 0.299. The molecule has 0 N–H and O–H groups in total. The summed E-state index contributed by atoms with van der Waals surface area (Å²) in [5.41, 5.74) is 3.43. The van der Waals surface area contributed by atoms with E-state index in [4.69, 9.17) is 4.74 Å². The van der Waals surface area contributed by atoms with Gasteiger partial charge in [0.15, 0.2) is 0 Å². The summed E-state index contributed by atoms with van der Waals surface area (Å²) in [5, 5.41) is 0. The Balaban J connectivity index is 1.87. The first-order chi connectivity index (χ1) is 10.1. The Labute approximate surface area is 122 Å². The molecule has 21 heavy (non-hydrogen) atoms. The molecule has 0 atom stereocenters. The summed E-state index contributed by atoms with van der Waals surface area (Å²) in [5.74, 6) is 0.815. The van der Waals surface area contributed by atoms with Gasteiger partial charge in [-0.05, 0) is 37.6 Å². The lowest BCUT2D eigenvalue weighted by Crippen LogP contribution is -2.16. The molecule has 1 aromatic carbocycles. The van der Waals surface area contributed by atoms with E-state index in [-0.39, 0.29) is 12.2 Å². The molecule has 106 valence electrons. The Morgan fingerprint density at radius 2 is 2.00 bits per heavy atom. The van der Waals surface area contributed by atoms with E-state index in [0.29, 0.717) is 11.3 Å². The molecule has 2 heterocycles. The number of hydrogen-bond donors (Lipinski definition) is 0. The van der Waals surface area contributed by atoms with Gasteiger partial charge in [-0.3, -0.25) is 9.20 Å². The average molecular weight is 280 g/mol. The Morgan fingerprint density at radius 1 is 1.14 bits per heavy atom. The molecular weight excluding hydrogens is 264 g/mol. The minimum Gasteiger partial charge on any atom is -0.487 e. The van der Waals surface area contributed by atoms with Gasteiger partial charge in [-0.15, -0.1) is 0 Å². The fourth-order valence-corrected chi connectivity index (χ4v) is 2.29. The van der Waals surface area contributed by atoms with E-state index in [0.717, 1.165) is 11.3 Å². The summed E-state index contributed by atoms with van der Waals surface area (Å²) in [4.78, 5) is 16.4. The van der Waals surface area contributed by atoms with Gasteiger partial charge in [0.2, 0.25) is 0 Å². The number of aromatic nitrogens is 2. The quantitative estimate of drug-likeness (QED) is 0.741. The van der Waals surface area contributed by atoms with E-state index in [1.165, 1.54) is 16.0 Å². The van der Waals surface area contributed by atoms with Crippen molar-refractivity contribution in [1.29, 1.82) is 0 Å². The number of hydrogen-bond acceptors (Lipinski definition) is 3. The zero-order chi connectivity index (χ0) is 14.8. The van der Waals surface area contributed by atoms with Crippen LogP contribution in [0.4, 0.5) is 0 Å². The molecular formula is C17H16N2O2. The molecule has 3 rings (SSSR count). The van der Waals surface area contributed by atoms with Crippen LogP contribution in [0.1, 0.15) is 16.8 Å². The first-order valence-corrected chi connectivity index (χ1v) is 6.81. The first kappa shape index (κ1) is 13.4. The third kappa shape index (κ3) is 2.79. The second-order valence-corrected chi connectivity index (χ2v) is 5.07. The Bertz CT molecular complexity index is 853. The van der Waals surface area contributed by atoms with Gasteiger partial charge in [-0.25, -0.2) is 4.98 Å². The number of nitrogens with zero attached hydrogens (tertiary/aromatic N) is 2. The topological polar surface area (TPSA) is 43.6 Å². The molecule has 0 aliphatic rings. The lowest BCUT2D eigenvalue weighted by Gasteiger charge is -2.10. The van der Waals surface area contributed by atoms with Crippen LogP contribution in [0.15, 0.2) is 53.5 Å². The van der Waals surface area contributed by atoms with Crippen LogP contribution in [0.25, 0.3) is 5.65 Å². The van der Waals surface area contributed by atoms with Crippen LogP contribution in [0, 0.1) is 13.8 Å². The number of aryl methyl sites for hydroxylation is 2. The maximum Gasteiger partial charge on any atom is 0.258 e. The normalized spacial score (nSPS) is 10.8. The molecule has 0 unspecified atom stereocenters. The number of rotatable bonds is 3. The highest BCUT2D eigenvalue weighted by atomic mass is 16.5. The van der Waals surface area contributed by atoms with Crippen LogP contribution in [-0.2, 0) is 6.61 Å². The predicted molar refractivity (Wildman–Crippen MR) is 81.7 cm³/mol. The second kappa shape index (κ2) is 5.40. The van der Waals surface area contributed by atoms with E-state index in [2.05, 4.69) is 11.1 Å². The highest BCUT2D eigenvalue weighted by Crippen LogP contribution is 2.19. The highest BCUT2D eigenvalue weighted by Gasteiger charge is 2.04. The van der Waals surface area contributed by atoms with Crippen molar-refractivity contribution >= 4 is 5.65 Å². The maximum absolute atomic E-state index is 12.0. The molecule has 0 spiro atoms. The fourth-order valence-electron chi connectivity index (χ4n) is 2.29. The van der Waals surface area contributed by atoms with E-state index in [9.17, 15) is 4.79 Å². The SMILES string of the molecule is Cc1ccc(OCc2cc(=O)n3ccccc3n2)c(C)c1. The molecule has 4 nitrogen and oxygen atoms in total. The first-order valence-electron chi connectivity index (χ1n) is 6.81. The number of ether oxygens (including phenoxy) is 1. The van der Waals surface area contributed by atoms with Gasteiger partial charge in [-0.1, -0.05) is 23.8 Å². The summed E-state index contributed by atoms with van der Waals surface area (Å²) < 4.78 is 7.29. The number of fused-ring (bicyclic) bond motifs is 1. The molecule has 0 aliphatic carbocycles. The molecule has 0 fully saturated rings. The van der Waals surface area contributed by atoms with Crippen molar-refractivity contribution in [2.24, 2.45) is 0 Å². The molecule has 0 amide bonds. The van der Waals surface area contributed by atoms with Crippen LogP contribution in [0.3, 0.4) is 0 Å². The van der Waals surface area contributed by atoms with Gasteiger partial charge >= 0.3 is 0 Å². The fraction of sp³-hybridized carbons (Fsp3) is 0.176. The van der Waals surface area contributed by atoms with Crippen LogP contribution in [0.2, 0.25) is 0 Å². The predicted octanol–water partition coefficient (Wildman–Crippen LogP) is 2.89. The van der Waals surface area contributed by atoms with Gasteiger partial charge < -0.3 is 4.74 Å². The van der Waals surface area contributed by atoms with Crippen molar-refractivity contribution in [3.8, 4) is 5.75 Å². The highest BCUT2D eigenvalue weighted by molar-refractivity contribution is 5.38. The summed E-state index contributed by atoms with van der Waals surface area (Å²) in [7, 11) is 0. The zero-order valence-electron chi connectivity index (χ0n) is 12.0. The van der Waals surface area contributed by atoms with Crippen molar-refractivity contribution in [3.63, 3.8) is 0 Å². The summed E-state index contributed by atoms with van der Waals surface area (Å²) >= 11 is 0. The third-order valence-corrected chi connectivity index (χ3v) is 3.33. The Kier molecular flexibility index (Phi) is 3.44. The van der Waals surface area contributed by atoms with Crippen molar-refractivity contribution in [2.45, 2.75) is 20.5 Å². The molecule has 0 radical (unpaired) electrons. The third-order valence-electron chi connectivity index (χ3n) is 3.33. The minimum absolute atomic E-state index is 0.0974. The summed E-state index contributed by atoms with van der Waals surface area (Å²) in [6, 6.07) is 13.0. The summed E-state index contributed by atoms with van der Waals surface area (Å²) in [6.45, 7) is 4.33. The monoisotopic (exact) mass is 280 g/mol. The lowest BCUT2D eigenvalue weighted by atomic mass is 10.1. The van der Waals surface area contributed by atoms with E-state index >= 15 is 0 Å². The molecule has 2 aromatic heterocycles. The van der Waals surface area contributed by atoms with Gasteiger partial charge in [0.05, 0.1) is 5.69 Å². The molecule has 0 saturated heterocycles. The Hall–Kier alpha value is -2.62. The summed E-state index contributed by atoms with van der Waals surface area (Å²) in [6.07, 6.45) is 1.71. The standard InChI is InChI=1S/C17H16N2O2/c1-12-6-7-15(13(2)9-12)21-11-14-10-17(20)19-8-4-3-5-16(19)18-14/h3-10H,11H2,1-2H3. The maximum atomic E-state index is 12.0. The number of benzene rings is 1. The van der Waals surface area contributed by atoms with Gasteiger partial charge in [0.1, 0.15) is 18.0 Å². The van der Waals surface area contributed by atoms with Crippen LogP contribution in [-0.4, -0.2) is 9.38 Å². The van der Waals surface area contributed by atoms with Crippen molar-refractivity contribution in [3.05, 3.63) is 75.8 Å². The molecule has 0 bridgehead atoms. The average Bonchev–Trinajstić information content (AvgIpc) is 2.46. The van der Waals surface area contributed by atoms with Crippen molar-refractivity contribution in [1.82, 2.24) is 9.38 Å². The number of pyridine rings is 1. The van der Waals surface area contributed by atoms with Gasteiger partial charge in [0.25, 0.3) is 5.56 Å². The van der Waals surface area contributed by atoms with Crippen LogP contribution >= 0.6 is 0 Å². The largest absolute Gasteiger partial charge is 0.487 e. The molecule has 0 aliphatic heterocycles. The molecule has 4 heteroatoms. The van der Waals surface area contributed by atoms with E-state index in [1.807, 2.05) is 44.2 Å². The van der Waals surface area contributed by atoms with E-state index in [1.54, 1.807) is 6.20 Å². The minimum atomic E-state index is -0.0974. The van der Waals surface area contributed by atoms with Crippen molar-refractivity contribution in [2.75, 3.05) is 0 Å². The van der Waals surface area contributed by atoms with Gasteiger partial charge in [0, 0.05) is 12.3 Å². The van der Waals surface area contributed by atoms with Crippen LogP contribution in [0.5, 0.6) is 5.75 Å². The second-order valence-electron chi connectivity index (χ2n) is 5.07. The Morgan fingerprint density at radius 3 is 2.81 bits per heavy atom. The molecule has 3 aromatic rings. The zero-order valence-corrected chi connectivity index (χ0v) is 12.0. The van der Waals surface area contributed by atoms with Gasteiger partial charge in [-0.2, -0.15) is 0 Å². The van der Waals surface area contributed by atoms with Crippen LogP contribution < -0.4 is 10.3 Å². The molecule has 0 saturated carbocycles. The smallest absolute Gasteiger partial charge is 0.258 e. The van der Waals surface area contributed by atoms with Crippen molar-refractivity contribution < 1.29 is 4.74 Å².